The number of ether oxygens (including phenoxy) is 1. The topological polar surface area (TPSA) is 97.5 Å². The molecule has 18 heavy (non-hydrogen) atoms. The molecule has 0 radical (unpaired) electrons. The van der Waals surface area contributed by atoms with E-state index in [2.05, 4.69) is 24.1 Å². The summed E-state index contributed by atoms with van der Waals surface area (Å²) in [5.41, 5.74) is 5.90. The fourth-order valence-electron chi connectivity index (χ4n) is 1.36. The number of aromatic carboxylic acids is 1. The molecule has 0 amide bonds. The van der Waals surface area contributed by atoms with Crippen LogP contribution >= 0.6 is 0 Å². The van der Waals surface area contributed by atoms with E-state index in [0.717, 1.165) is 0 Å². The molecule has 1 rings (SSSR count). The van der Waals surface area contributed by atoms with Gasteiger partial charge in [0.15, 0.2) is 0 Å². The zero-order valence-electron chi connectivity index (χ0n) is 10.6. The predicted molar refractivity (Wildman–Crippen MR) is 69.8 cm³/mol. The van der Waals surface area contributed by atoms with E-state index in [-0.39, 0.29) is 11.3 Å². The fourth-order valence-corrected chi connectivity index (χ4v) is 1.36. The third-order valence-electron chi connectivity index (χ3n) is 2.21. The molecular weight excluding hydrogens is 234 g/mol. The molecule has 1 aromatic rings. The zero-order chi connectivity index (χ0) is 13.5. The van der Waals surface area contributed by atoms with Crippen molar-refractivity contribution in [2.75, 3.05) is 30.8 Å². The lowest BCUT2D eigenvalue weighted by molar-refractivity contribution is 0.0698. The molecular formula is C12H19N3O3. The third-order valence-corrected chi connectivity index (χ3v) is 2.21. The molecule has 0 aliphatic carbocycles. The van der Waals surface area contributed by atoms with Gasteiger partial charge in [-0.1, -0.05) is 13.8 Å². The summed E-state index contributed by atoms with van der Waals surface area (Å²) >= 11 is 0. The van der Waals surface area contributed by atoms with Crippen LogP contribution in [0.1, 0.15) is 24.2 Å². The maximum Gasteiger partial charge on any atom is 0.337 e. The fraction of sp³-hybridized carbons (Fsp3) is 0.500. The lowest BCUT2D eigenvalue weighted by Crippen LogP contribution is -2.15. The molecule has 0 aliphatic heterocycles. The molecule has 4 N–H and O–H groups in total. The van der Waals surface area contributed by atoms with Crippen LogP contribution < -0.4 is 11.1 Å². The highest BCUT2D eigenvalue weighted by Crippen LogP contribution is 2.19. The standard InChI is InChI=1S/C12H19N3O3/c1-8(2)7-18-6-5-15-11-10(13)9(12(16)17)3-4-14-11/h3-4,8H,5-7,13H2,1-2H3,(H,14,15)(H,16,17). The van der Waals surface area contributed by atoms with E-state index in [1.807, 2.05) is 0 Å². The predicted octanol–water partition coefficient (Wildman–Crippen LogP) is 1.45. The van der Waals surface area contributed by atoms with Gasteiger partial charge in [-0.25, -0.2) is 9.78 Å². The highest BCUT2D eigenvalue weighted by atomic mass is 16.5. The molecule has 6 heteroatoms. The molecule has 0 bridgehead atoms. The maximum absolute atomic E-state index is 10.9. The minimum absolute atomic E-state index is 0.0515. The van der Waals surface area contributed by atoms with Crippen molar-refractivity contribution >= 4 is 17.5 Å². The van der Waals surface area contributed by atoms with Gasteiger partial charge in [0.1, 0.15) is 5.82 Å². The number of pyridine rings is 1. The summed E-state index contributed by atoms with van der Waals surface area (Å²) in [4.78, 5) is 14.9. The second-order valence-corrected chi connectivity index (χ2v) is 4.32. The van der Waals surface area contributed by atoms with Crippen molar-refractivity contribution in [2.24, 2.45) is 5.92 Å². The first-order chi connectivity index (χ1) is 8.52. The summed E-state index contributed by atoms with van der Waals surface area (Å²) in [6.45, 7) is 5.90. The van der Waals surface area contributed by atoms with Gasteiger partial charge in [-0.05, 0) is 12.0 Å². The molecule has 0 saturated heterocycles. The first kappa shape index (κ1) is 14.2. The van der Waals surface area contributed by atoms with Gasteiger partial charge < -0.3 is 20.9 Å². The number of hydrogen-bond donors (Lipinski definition) is 3. The van der Waals surface area contributed by atoms with E-state index in [4.69, 9.17) is 15.6 Å². The van der Waals surface area contributed by atoms with E-state index in [0.29, 0.717) is 31.5 Å². The van der Waals surface area contributed by atoms with Gasteiger partial charge in [-0.15, -0.1) is 0 Å². The van der Waals surface area contributed by atoms with Gasteiger partial charge in [-0.2, -0.15) is 0 Å². The number of nitrogens with one attached hydrogen (secondary N) is 1. The number of carbonyl (C=O) groups is 1. The lowest BCUT2D eigenvalue weighted by Gasteiger charge is -2.11. The van der Waals surface area contributed by atoms with Crippen LogP contribution in [0.3, 0.4) is 0 Å². The Labute approximate surface area is 106 Å². The largest absolute Gasteiger partial charge is 0.478 e. The van der Waals surface area contributed by atoms with E-state index in [1.165, 1.54) is 12.3 Å². The number of nitrogens with two attached hydrogens (primary N) is 1. The molecule has 0 fully saturated rings. The van der Waals surface area contributed by atoms with Crippen LogP contribution in [-0.4, -0.2) is 35.8 Å². The third kappa shape index (κ3) is 4.21. The number of nitrogens with zero attached hydrogens (tertiary/aromatic N) is 1. The Kier molecular flexibility index (Phi) is 5.38. The van der Waals surface area contributed by atoms with Crippen molar-refractivity contribution in [3.63, 3.8) is 0 Å². The molecule has 0 aromatic carbocycles. The van der Waals surface area contributed by atoms with Crippen molar-refractivity contribution in [3.05, 3.63) is 17.8 Å². The van der Waals surface area contributed by atoms with Gasteiger partial charge in [0.25, 0.3) is 0 Å². The molecule has 0 atom stereocenters. The summed E-state index contributed by atoms with van der Waals surface area (Å²) in [6.07, 6.45) is 1.41. The number of carboxylic acids is 1. The number of anilines is 2. The Bertz CT molecular complexity index is 408. The summed E-state index contributed by atoms with van der Waals surface area (Å²) in [5.74, 6) is -0.194. The van der Waals surface area contributed by atoms with E-state index in [9.17, 15) is 4.79 Å². The van der Waals surface area contributed by atoms with Crippen molar-refractivity contribution in [2.45, 2.75) is 13.8 Å². The van der Waals surface area contributed by atoms with Crippen LogP contribution in [0.4, 0.5) is 11.5 Å². The lowest BCUT2D eigenvalue weighted by atomic mass is 10.2. The summed E-state index contributed by atoms with van der Waals surface area (Å²) in [6, 6.07) is 1.37. The van der Waals surface area contributed by atoms with Crippen molar-refractivity contribution in [1.29, 1.82) is 0 Å². The molecule has 1 heterocycles. The number of aromatic nitrogens is 1. The van der Waals surface area contributed by atoms with Gasteiger partial charge >= 0.3 is 5.97 Å². The van der Waals surface area contributed by atoms with Gasteiger partial charge in [-0.3, -0.25) is 0 Å². The second kappa shape index (κ2) is 6.80. The molecule has 0 saturated carbocycles. The van der Waals surface area contributed by atoms with Gasteiger partial charge in [0.05, 0.1) is 17.9 Å². The molecule has 100 valence electrons. The molecule has 0 unspecified atom stereocenters. The van der Waals surface area contributed by atoms with E-state index in [1.54, 1.807) is 0 Å². The Morgan fingerprint density at radius 3 is 2.94 bits per heavy atom. The monoisotopic (exact) mass is 253 g/mol. The van der Waals surface area contributed by atoms with Crippen molar-refractivity contribution < 1.29 is 14.6 Å². The van der Waals surface area contributed by atoms with Crippen molar-refractivity contribution in [1.82, 2.24) is 4.98 Å². The van der Waals surface area contributed by atoms with Crippen LogP contribution in [0.15, 0.2) is 12.3 Å². The second-order valence-electron chi connectivity index (χ2n) is 4.32. The maximum atomic E-state index is 10.9. The van der Waals surface area contributed by atoms with E-state index >= 15 is 0 Å². The minimum Gasteiger partial charge on any atom is -0.478 e. The first-order valence-corrected chi connectivity index (χ1v) is 5.81. The Hall–Kier alpha value is -1.82. The van der Waals surface area contributed by atoms with Gasteiger partial charge in [0, 0.05) is 19.3 Å². The van der Waals surface area contributed by atoms with Crippen LogP contribution in [-0.2, 0) is 4.74 Å². The average Bonchev–Trinajstić information content (AvgIpc) is 2.30. The van der Waals surface area contributed by atoms with Crippen molar-refractivity contribution in [3.8, 4) is 0 Å². The SMILES string of the molecule is CC(C)COCCNc1nccc(C(=O)O)c1N. The number of rotatable bonds is 7. The van der Waals surface area contributed by atoms with Crippen LogP contribution in [0.25, 0.3) is 0 Å². The quantitative estimate of drug-likeness (QED) is 0.636. The number of carboxylic acid groups (broad SMARTS) is 1. The smallest absolute Gasteiger partial charge is 0.337 e. The zero-order valence-corrected chi connectivity index (χ0v) is 10.6. The Balaban J connectivity index is 2.48. The summed E-state index contributed by atoms with van der Waals surface area (Å²) < 4.78 is 5.39. The normalized spacial score (nSPS) is 10.6. The van der Waals surface area contributed by atoms with Crippen LogP contribution in [0.2, 0.25) is 0 Å². The first-order valence-electron chi connectivity index (χ1n) is 5.81. The molecule has 0 aliphatic rings. The summed E-state index contributed by atoms with van der Waals surface area (Å²) in [7, 11) is 0. The number of nitrogen functional groups attached to an aromatic ring is 1. The van der Waals surface area contributed by atoms with Crippen LogP contribution in [0.5, 0.6) is 0 Å². The minimum atomic E-state index is -1.06. The molecule has 1 aromatic heterocycles. The summed E-state index contributed by atoms with van der Waals surface area (Å²) in [5, 5.41) is 11.9. The highest BCUT2D eigenvalue weighted by Gasteiger charge is 2.11. The number of hydrogen-bond acceptors (Lipinski definition) is 5. The van der Waals surface area contributed by atoms with E-state index < -0.39 is 5.97 Å². The van der Waals surface area contributed by atoms with Crippen LogP contribution in [0, 0.1) is 5.92 Å². The Morgan fingerprint density at radius 1 is 1.61 bits per heavy atom. The van der Waals surface area contributed by atoms with Gasteiger partial charge in [0.2, 0.25) is 0 Å². The molecule has 0 spiro atoms. The highest BCUT2D eigenvalue weighted by molar-refractivity contribution is 5.96. The molecule has 6 nitrogen and oxygen atoms in total. The Morgan fingerprint density at radius 2 is 2.33 bits per heavy atom. The average molecular weight is 253 g/mol.